The number of amides is 2. The SMILES string of the molecule is Cc1ccc(NC(=O)C2(NC(=O)OCC3c4ccccc4-c4ccccc43)CCC2)c(C(=O)O)c1. The van der Waals surface area contributed by atoms with Gasteiger partial charge in [-0.25, -0.2) is 9.59 Å². The Morgan fingerprint density at radius 3 is 2.17 bits per heavy atom. The number of hydrogen-bond donors (Lipinski definition) is 3. The molecule has 1 saturated carbocycles. The molecule has 0 aliphatic heterocycles. The molecule has 0 aromatic heterocycles. The zero-order valence-corrected chi connectivity index (χ0v) is 19.3. The molecule has 3 aromatic carbocycles. The lowest BCUT2D eigenvalue weighted by Gasteiger charge is -2.40. The van der Waals surface area contributed by atoms with Crippen LogP contribution in [0.25, 0.3) is 11.1 Å². The molecule has 0 atom stereocenters. The lowest BCUT2D eigenvalue weighted by atomic mass is 9.76. The van der Waals surface area contributed by atoms with Crippen molar-refractivity contribution in [2.75, 3.05) is 11.9 Å². The molecule has 3 aromatic rings. The van der Waals surface area contributed by atoms with E-state index in [1.165, 1.54) is 6.07 Å². The molecule has 2 aliphatic carbocycles. The van der Waals surface area contributed by atoms with Crippen molar-refractivity contribution in [3.63, 3.8) is 0 Å². The second kappa shape index (κ2) is 8.91. The van der Waals surface area contributed by atoms with E-state index in [4.69, 9.17) is 4.74 Å². The second-order valence-electron chi connectivity index (χ2n) is 9.19. The molecule has 3 N–H and O–H groups in total. The summed E-state index contributed by atoms with van der Waals surface area (Å²) in [5, 5.41) is 15.0. The van der Waals surface area contributed by atoms with Crippen molar-refractivity contribution in [2.45, 2.75) is 37.6 Å². The van der Waals surface area contributed by atoms with E-state index in [0.29, 0.717) is 12.8 Å². The van der Waals surface area contributed by atoms with Gasteiger partial charge in [0.1, 0.15) is 12.1 Å². The van der Waals surface area contributed by atoms with Crippen LogP contribution < -0.4 is 10.6 Å². The minimum atomic E-state index is -1.13. The third-order valence-corrected chi connectivity index (χ3v) is 6.98. The van der Waals surface area contributed by atoms with Crippen molar-refractivity contribution in [3.8, 4) is 11.1 Å². The van der Waals surface area contributed by atoms with E-state index in [1.807, 2.05) is 36.4 Å². The second-order valence-corrected chi connectivity index (χ2v) is 9.19. The quantitative estimate of drug-likeness (QED) is 0.465. The Morgan fingerprint density at radius 2 is 1.60 bits per heavy atom. The number of hydrogen-bond acceptors (Lipinski definition) is 4. The van der Waals surface area contributed by atoms with Crippen LogP contribution in [0.4, 0.5) is 10.5 Å². The van der Waals surface area contributed by atoms with Gasteiger partial charge in [-0.3, -0.25) is 4.79 Å². The molecule has 2 aliphatic rings. The topological polar surface area (TPSA) is 105 Å². The van der Waals surface area contributed by atoms with Gasteiger partial charge in [-0.05, 0) is 60.6 Å². The van der Waals surface area contributed by atoms with Crippen molar-refractivity contribution >= 4 is 23.7 Å². The number of carbonyl (C=O) groups is 3. The van der Waals surface area contributed by atoms with Crippen LogP contribution in [-0.2, 0) is 9.53 Å². The summed E-state index contributed by atoms with van der Waals surface area (Å²) < 4.78 is 5.62. The third kappa shape index (κ3) is 4.14. The Morgan fingerprint density at radius 1 is 0.971 bits per heavy atom. The number of carbonyl (C=O) groups excluding carboxylic acids is 2. The van der Waals surface area contributed by atoms with Crippen molar-refractivity contribution in [3.05, 3.63) is 89.0 Å². The van der Waals surface area contributed by atoms with Gasteiger partial charge in [-0.1, -0.05) is 60.2 Å². The number of rotatable bonds is 6. The molecule has 7 nitrogen and oxygen atoms in total. The van der Waals surface area contributed by atoms with Gasteiger partial charge in [0.15, 0.2) is 0 Å². The van der Waals surface area contributed by atoms with E-state index >= 15 is 0 Å². The first kappa shape index (κ1) is 22.7. The highest BCUT2D eigenvalue weighted by Crippen LogP contribution is 2.44. The summed E-state index contributed by atoms with van der Waals surface area (Å²) >= 11 is 0. The number of ether oxygens (including phenoxy) is 1. The van der Waals surface area contributed by atoms with Gasteiger partial charge in [0.2, 0.25) is 5.91 Å². The van der Waals surface area contributed by atoms with E-state index in [2.05, 4.69) is 22.8 Å². The zero-order valence-electron chi connectivity index (χ0n) is 19.3. The van der Waals surface area contributed by atoms with Crippen LogP contribution in [0.5, 0.6) is 0 Å². The maximum atomic E-state index is 13.1. The average Bonchev–Trinajstić information content (AvgIpc) is 3.14. The summed E-state index contributed by atoms with van der Waals surface area (Å²) in [6.45, 7) is 1.93. The fourth-order valence-corrected chi connectivity index (χ4v) is 4.96. The molecule has 0 bridgehead atoms. The Balaban J connectivity index is 1.28. The van der Waals surface area contributed by atoms with Crippen molar-refractivity contribution < 1.29 is 24.2 Å². The lowest BCUT2D eigenvalue weighted by Crippen LogP contribution is -2.61. The molecule has 0 heterocycles. The molecular formula is C28H26N2O5. The summed E-state index contributed by atoms with van der Waals surface area (Å²) in [7, 11) is 0. The molecular weight excluding hydrogens is 444 g/mol. The van der Waals surface area contributed by atoms with Gasteiger partial charge in [0, 0.05) is 5.92 Å². The van der Waals surface area contributed by atoms with Crippen LogP contribution in [0, 0.1) is 6.92 Å². The van der Waals surface area contributed by atoms with Crippen molar-refractivity contribution in [1.82, 2.24) is 5.32 Å². The van der Waals surface area contributed by atoms with Crippen LogP contribution in [0.15, 0.2) is 66.7 Å². The number of alkyl carbamates (subject to hydrolysis) is 1. The first-order chi connectivity index (χ1) is 16.9. The normalized spacial score (nSPS) is 15.3. The number of aryl methyl sites for hydroxylation is 1. The van der Waals surface area contributed by atoms with Gasteiger partial charge < -0.3 is 20.5 Å². The first-order valence-electron chi connectivity index (χ1n) is 11.7. The highest BCUT2D eigenvalue weighted by atomic mass is 16.5. The lowest BCUT2D eigenvalue weighted by molar-refractivity contribution is -0.125. The molecule has 7 heteroatoms. The van der Waals surface area contributed by atoms with Gasteiger partial charge in [-0.15, -0.1) is 0 Å². The maximum absolute atomic E-state index is 13.1. The number of aromatic carboxylic acids is 1. The molecule has 35 heavy (non-hydrogen) atoms. The van der Waals surface area contributed by atoms with Gasteiger partial charge in [0.05, 0.1) is 11.3 Å². The smallest absolute Gasteiger partial charge is 0.408 e. The average molecular weight is 471 g/mol. The van der Waals surface area contributed by atoms with Crippen molar-refractivity contribution in [1.29, 1.82) is 0 Å². The Kier molecular flexibility index (Phi) is 5.76. The first-order valence-corrected chi connectivity index (χ1v) is 11.7. The number of anilines is 1. The van der Waals surface area contributed by atoms with Gasteiger partial charge >= 0.3 is 12.1 Å². The highest BCUT2D eigenvalue weighted by molar-refractivity contribution is 6.05. The van der Waals surface area contributed by atoms with Crippen LogP contribution in [0.2, 0.25) is 0 Å². The summed E-state index contributed by atoms with van der Waals surface area (Å²) in [4.78, 5) is 37.5. The van der Waals surface area contributed by atoms with E-state index < -0.39 is 23.5 Å². The largest absolute Gasteiger partial charge is 0.478 e. The number of carboxylic acids is 1. The fourth-order valence-electron chi connectivity index (χ4n) is 4.96. The molecule has 0 saturated heterocycles. The molecule has 0 radical (unpaired) electrons. The third-order valence-electron chi connectivity index (χ3n) is 6.98. The van der Waals surface area contributed by atoms with Gasteiger partial charge in [-0.2, -0.15) is 0 Å². The van der Waals surface area contributed by atoms with E-state index in [1.54, 1.807) is 19.1 Å². The fraction of sp³-hybridized carbons (Fsp3) is 0.250. The Bertz CT molecular complexity index is 1280. The summed E-state index contributed by atoms with van der Waals surface area (Å²) in [6.07, 6.45) is 1.02. The minimum absolute atomic E-state index is 0.00830. The Labute approximate surface area is 203 Å². The molecule has 5 rings (SSSR count). The monoisotopic (exact) mass is 470 g/mol. The maximum Gasteiger partial charge on any atom is 0.408 e. The highest BCUT2D eigenvalue weighted by Gasteiger charge is 2.46. The Hall–Kier alpha value is -4.13. The predicted octanol–water partition coefficient (Wildman–Crippen LogP) is 5.09. The van der Waals surface area contributed by atoms with Gasteiger partial charge in [0.25, 0.3) is 0 Å². The molecule has 178 valence electrons. The van der Waals surface area contributed by atoms with Crippen LogP contribution in [0.1, 0.15) is 52.2 Å². The van der Waals surface area contributed by atoms with Crippen LogP contribution in [-0.4, -0.2) is 35.2 Å². The predicted molar refractivity (Wildman–Crippen MR) is 132 cm³/mol. The standard InChI is InChI=1S/C28H26N2O5/c1-17-11-12-24(22(15-17)25(31)32)29-26(33)28(13-6-14-28)30-27(34)35-16-23-20-9-4-2-7-18(20)19-8-3-5-10-21(19)23/h2-5,7-12,15,23H,6,13-14,16H2,1H3,(H,29,33)(H,30,34)(H,31,32). The van der Waals surface area contributed by atoms with E-state index in [9.17, 15) is 19.5 Å². The summed E-state index contributed by atoms with van der Waals surface area (Å²) in [5.74, 6) is -1.65. The molecule has 1 fully saturated rings. The zero-order chi connectivity index (χ0) is 24.6. The molecule has 0 spiro atoms. The number of carboxylic acid groups (broad SMARTS) is 1. The molecule has 0 unspecified atom stereocenters. The van der Waals surface area contributed by atoms with Crippen molar-refractivity contribution in [2.24, 2.45) is 0 Å². The van der Waals surface area contributed by atoms with Crippen LogP contribution >= 0.6 is 0 Å². The number of benzene rings is 3. The summed E-state index contributed by atoms with van der Waals surface area (Å²) in [5.41, 5.74) is 4.36. The minimum Gasteiger partial charge on any atom is -0.478 e. The van der Waals surface area contributed by atoms with Crippen LogP contribution in [0.3, 0.4) is 0 Å². The van der Waals surface area contributed by atoms with E-state index in [-0.39, 0.29) is 23.8 Å². The number of fused-ring (bicyclic) bond motifs is 3. The summed E-state index contributed by atoms with van der Waals surface area (Å²) in [6, 6.07) is 21.0. The molecule has 2 amide bonds. The number of nitrogens with one attached hydrogen (secondary N) is 2. The van der Waals surface area contributed by atoms with E-state index in [0.717, 1.165) is 34.2 Å².